The Hall–Kier alpha value is -1.66. The number of nitrogens with zero attached hydrogens (tertiary/aromatic N) is 1. The number of nitrogens with two attached hydrogens (primary N) is 1. The smallest absolute Gasteiger partial charge is 0.271 e. The van der Waals surface area contributed by atoms with Gasteiger partial charge in [0.2, 0.25) is 0 Å². The topological polar surface area (TPSA) is 83.8 Å². The first-order valence-corrected chi connectivity index (χ1v) is 6.68. The molecule has 0 radical (unpaired) electrons. The van der Waals surface area contributed by atoms with Crippen molar-refractivity contribution in [2.45, 2.75) is 19.4 Å². The molecule has 0 fully saturated rings. The zero-order valence-electron chi connectivity index (χ0n) is 10.1. The highest BCUT2D eigenvalue weighted by Crippen LogP contribution is 2.22. The van der Waals surface area contributed by atoms with E-state index in [0.717, 1.165) is 17.0 Å². The molecular weight excluding hydrogens is 248 g/mol. The van der Waals surface area contributed by atoms with Crippen LogP contribution in [-0.2, 0) is 0 Å². The highest BCUT2D eigenvalue weighted by molar-refractivity contribution is 7.13. The molecule has 0 aromatic carbocycles. The molecule has 0 saturated heterocycles. The Kier molecular flexibility index (Phi) is 4.11. The molecular formula is C12H16N4OS. The maximum atomic E-state index is 11.8. The molecule has 0 aliphatic rings. The number of H-pyrrole nitrogens is 1. The molecule has 2 heterocycles. The number of hydrogen-bond acceptors (Lipinski definition) is 4. The minimum atomic E-state index is -0.172. The van der Waals surface area contributed by atoms with Gasteiger partial charge >= 0.3 is 0 Å². The van der Waals surface area contributed by atoms with Crippen molar-refractivity contribution >= 4 is 17.2 Å². The number of aromatic nitrogens is 2. The van der Waals surface area contributed by atoms with Gasteiger partial charge in [-0.05, 0) is 30.9 Å². The minimum Gasteiger partial charge on any atom is -0.351 e. The SMILES string of the molecule is CC(N)CCNC(=O)c1cc(-c2cccs2)[nH]n1. The lowest BCUT2D eigenvalue weighted by Crippen LogP contribution is -2.29. The van der Waals surface area contributed by atoms with Gasteiger partial charge in [-0.25, -0.2) is 0 Å². The molecule has 96 valence electrons. The lowest BCUT2D eigenvalue weighted by molar-refractivity contribution is 0.0948. The maximum absolute atomic E-state index is 11.8. The fourth-order valence-electron chi connectivity index (χ4n) is 1.50. The summed E-state index contributed by atoms with van der Waals surface area (Å²) in [5.74, 6) is -0.172. The third-order valence-electron chi connectivity index (χ3n) is 2.48. The van der Waals surface area contributed by atoms with E-state index in [1.807, 2.05) is 24.4 Å². The van der Waals surface area contributed by atoms with E-state index in [-0.39, 0.29) is 11.9 Å². The van der Waals surface area contributed by atoms with Gasteiger partial charge in [0.15, 0.2) is 5.69 Å². The van der Waals surface area contributed by atoms with E-state index in [2.05, 4.69) is 15.5 Å². The van der Waals surface area contributed by atoms with E-state index in [9.17, 15) is 4.79 Å². The number of hydrogen-bond donors (Lipinski definition) is 3. The third kappa shape index (κ3) is 3.18. The van der Waals surface area contributed by atoms with Gasteiger partial charge in [-0.15, -0.1) is 11.3 Å². The minimum absolute atomic E-state index is 0.0890. The first-order valence-electron chi connectivity index (χ1n) is 5.80. The average Bonchev–Trinajstić information content (AvgIpc) is 2.99. The van der Waals surface area contributed by atoms with Crippen molar-refractivity contribution in [3.63, 3.8) is 0 Å². The molecule has 2 aromatic rings. The highest BCUT2D eigenvalue weighted by atomic mass is 32.1. The molecule has 4 N–H and O–H groups in total. The monoisotopic (exact) mass is 264 g/mol. The van der Waals surface area contributed by atoms with Crippen LogP contribution in [0.1, 0.15) is 23.8 Å². The Balaban J connectivity index is 1.95. The van der Waals surface area contributed by atoms with Crippen molar-refractivity contribution < 1.29 is 4.79 Å². The number of rotatable bonds is 5. The van der Waals surface area contributed by atoms with Crippen LogP contribution in [0.15, 0.2) is 23.6 Å². The van der Waals surface area contributed by atoms with Crippen LogP contribution < -0.4 is 11.1 Å². The second-order valence-corrected chi connectivity index (χ2v) is 5.11. The fourth-order valence-corrected chi connectivity index (χ4v) is 2.19. The second kappa shape index (κ2) is 5.79. The second-order valence-electron chi connectivity index (χ2n) is 4.17. The van der Waals surface area contributed by atoms with Gasteiger partial charge in [0, 0.05) is 12.6 Å². The summed E-state index contributed by atoms with van der Waals surface area (Å²) in [7, 11) is 0. The van der Waals surface area contributed by atoms with Crippen molar-refractivity contribution in [1.82, 2.24) is 15.5 Å². The number of carbonyl (C=O) groups excluding carboxylic acids is 1. The lowest BCUT2D eigenvalue weighted by atomic mass is 10.2. The zero-order chi connectivity index (χ0) is 13.0. The van der Waals surface area contributed by atoms with Crippen molar-refractivity contribution in [1.29, 1.82) is 0 Å². The molecule has 6 heteroatoms. The summed E-state index contributed by atoms with van der Waals surface area (Å²) in [5.41, 5.74) is 6.88. The highest BCUT2D eigenvalue weighted by Gasteiger charge is 2.11. The molecule has 1 unspecified atom stereocenters. The van der Waals surface area contributed by atoms with E-state index in [1.54, 1.807) is 17.4 Å². The van der Waals surface area contributed by atoms with Crippen LogP contribution in [-0.4, -0.2) is 28.7 Å². The van der Waals surface area contributed by atoms with Crippen LogP contribution in [0.2, 0.25) is 0 Å². The van der Waals surface area contributed by atoms with Crippen LogP contribution in [0.25, 0.3) is 10.6 Å². The third-order valence-corrected chi connectivity index (χ3v) is 3.39. The first-order chi connectivity index (χ1) is 8.66. The Morgan fingerprint density at radius 3 is 3.17 bits per heavy atom. The summed E-state index contributed by atoms with van der Waals surface area (Å²) in [5, 5.41) is 11.6. The summed E-state index contributed by atoms with van der Waals surface area (Å²) in [6, 6.07) is 5.79. The van der Waals surface area contributed by atoms with Crippen molar-refractivity contribution in [2.24, 2.45) is 5.73 Å². The van der Waals surface area contributed by atoms with Crippen LogP contribution in [0, 0.1) is 0 Å². The van der Waals surface area contributed by atoms with Crippen molar-refractivity contribution in [2.75, 3.05) is 6.54 Å². The molecule has 0 saturated carbocycles. The standard InChI is InChI=1S/C12H16N4OS/c1-8(13)4-5-14-12(17)10-7-9(15-16-10)11-3-2-6-18-11/h2-3,6-8H,4-5,13H2,1H3,(H,14,17)(H,15,16). The number of thiophene rings is 1. The zero-order valence-corrected chi connectivity index (χ0v) is 11.0. The Morgan fingerprint density at radius 2 is 2.50 bits per heavy atom. The quantitative estimate of drug-likeness (QED) is 0.767. The lowest BCUT2D eigenvalue weighted by Gasteiger charge is -2.05. The van der Waals surface area contributed by atoms with Crippen LogP contribution >= 0.6 is 11.3 Å². The van der Waals surface area contributed by atoms with Crippen molar-refractivity contribution in [3.8, 4) is 10.6 Å². The van der Waals surface area contributed by atoms with E-state index >= 15 is 0 Å². The maximum Gasteiger partial charge on any atom is 0.271 e. The normalized spacial score (nSPS) is 12.3. The van der Waals surface area contributed by atoms with Gasteiger partial charge in [-0.2, -0.15) is 5.10 Å². The predicted octanol–water partition coefficient (Wildman–Crippen LogP) is 1.61. The van der Waals surface area contributed by atoms with Gasteiger partial charge in [-0.1, -0.05) is 6.07 Å². The van der Waals surface area contributed by atoms with E-state index < -0.39 is 0 Å². The molecule has 18 heavy (non-hydrogen) atoms. The Bertz CT molecular complexity index is 504. The van der Waals surface area contributed by atoms with Crippen LogP contribution in [0.3, 0.4) is 0 Å². The molecule has 0 aliphatic heterocycles. The molecule has 1 atom stereocenters. The number of aromatic amines is 1. The molecule has 1 amide bonds. The summed E-state index contributed by atoms with van der Waals surface area (Å²) >= 11 is 1.60. The summed E-state index contributed by atoms with van der Waals surface area (Å²) < 4.78 is 0. The largest absolute Gasteiger partial charge is 0.351 e. The van der Waals surface area contributed by atoms with Gasteiger partial charge in [0.05, 0.1) is 10.6 Å². The molecule has 0 aliphatic carbocycles. The van der Waals surface area contributed by atoms with Crippen LogP contribution in [0.4, 0.5) is 0 Å². The van der Waals surface area contributed by atoms with Gasteiger partial charge in [-0.3, -0.25) is 9.89 Å². The molecule has 0 bridgehead atoms. The molecule has 0 spiro atoms. The van der Waals surface area contributed by atoms with E-state index in [4.69, 9.17) is 5.73 Å². The Morgan fingerprint density at radius 1 is 1.67 bits per heavy atom. The molecule has 2 aromatic heterocycles. The van der Waals surface area contributed by atoms with Gasteiger partial charge in [0.1, 0.15) is 0 Å². The summed E-state index contributed by atoms with van der Waals surface area (Å²) in [6.45, 7) is 2.48. The molecule has 2 rings (SSSR count). The summed E-state index contributed by atoms with van der Waals surface area (Å²) in [4.78, 5) is 12.8. The van der Waals surface area contributed by atoms with Gasteiger partial charge < -0.3 is 11.1 Å². The van der Waals surface area contributed by atoms with E-state index in [1.165, 1.54) is 0 Å². The summed E-state index contributed by atoms with van der Waals surface area (Å²) in [6.07, 6.45) is 0.758. The fraction of sp³-hybridized carbons (Fsp3) is 0.333. The molecule has 5 nitrogen and oxygen atoms in total. The average molecular weight is 264 g/mol. The van der Waals surface area contributed by atoms with Crippen molar-refractivity contribution in [3.05, 3.63) is 29.3 Å². The van der Waals surface area contributed by atoms with Crippen LogP contribution in [0.5, 0.6) is 0 Å². The number of nitrogens with one attached hydrogen (secondary N) is 2. The first kappa shape index (κ1) is 12.8. The van der Waals surface area contributed by atoms with E-state index in [0.29, 0.717) is 12.2 Å². The predicted molar refractivity (Wildman–Crippen MR) is 72.5 cm³/mol. The Labute approximate surface area is 109 Å². The number of amides is 1. The number of carbonyl (C=O) groups is 1. The van der Waals surface area contributed by atoms with Gasteiger partial charge in [0.25, 0.3) is 5.91 Å².